The third-order valence-electron chi connectivity index (χ3n) is 1.36. The molecule has 0 aliphatic rings. The lowest BCUT2D eigenvalue weighted by atomic mass is 10.1. The summed E-state index contributed by atoms with van der Waals surface area (Å²) < 4.78 is 4.29. The van der Waals surface area contributed by atoms with Gasteiger partial charge in [0.15, 0.2) is 0 Å². The highest BCUT2D eigenvalue weighted by Crippen LogP contribution is 2.13. The van der Waals surface area contributed by atoms with Gasteiger partial charge in [0.1, 0.15) is 11.8 Å². The van der Waals surface area contributed by atoms with Crippen molar-refractivity contribution in [3.05, 3.63) is 11.9 Å². The molecule has 0 bridgehead atoms. The van der Waals surface area contributed by atoms with E-state index in [1.807, 2.05) is 0 Å². The number of aliphatic hydroxyl groups excluding tert-OH is 2. The maximum absolute atomic E-state index is 9.27. The molecule has 5 heteroatoms. The highest BCUT2D eigenvalue weighted by atomic mass is 16.6. The molecule has 0 saturated carbocycles. The van der Waals surface area contributed by atoms with E-state index in [2.05, 4.69) is 14.9 Å². The Morgan fingerprint density at radius 3 is 3.00 bits per heavy atom. The first-order valence-corrected chi connectivity index (χ1v) is 3.41. The van der Waals surface area contributed by atoms with E-state index in [9.17, 15) is 5.11 Å². The van der Waals surface area contributed by atoms with Crippen molar-refractivity contribution in [3.63, 3.8) is 0 Å². The lowest BCUT2D eigenvalue weighted by Crippen LogP contribution is -1.98. The van der Waals surface area contributed by atoms with E-state index in [4.69, 9.17) is 5.11 Å². The summed E-state index contributed by atoms with van der Waals surface area (Å²) in [6.45, 7) is 0.0718. The monoisotopic (exact) mass is 158 g/mol. The third-order valence-corrected chi connectivity index (χ3v) is 1.36. The van der Waals surface area contributed by atoms with Gasteiger partial charge in [-0.05, 0) is 12.8 Å². The van der Waals surface area contributed by atoms with Gasteiger partial charge in [0, 0.05) is 6.61 Å². The molecule has 0 spiro atoms. The van der Waals surface area contributed by atoms with Crippen LogP contribution in [0.3, 0.4) is 0 Å². The lowest BCUT2D eigenvalue weighted by Gasteiger charge is -2.02. The molecule has 1 aromatic heterocycles. The van der Waals surface area contributed by atoms with Gasteiger partial charge >= 0.3 is 0 Å². The van der Waals surface area contributed by atoms with Crippen LogP contribution in [-0.4, -0.2) is 27.1 Å². The first kappa shape index (κ1) is 8.16. The fourth-order valence-corrected chi connectivity index (χ4v) is 0.751. The second kappa shape index (κ2) is 4.05. The van der Waals surface area contributed by atoms with Crippen molar-refractivity contribution >= 4 is 0 Å². The normalized spacial score (nSPS) is 13.3. The number of hydrogen-bond donors (Lipinski definition) is 2. The molecule has 0 aromatic carbocycles. The van der Waals surface area contributed by atoms with E-state index in [1.54, 1.807) is 0 Å². The van der Waals surface area contributed by atoms with Gasteiger partial charge in [-0.1, -0.05) is 10.3 Å². The van der Waals surface area contributed by atoms with E-state index in [0.29, 0.717) is 18.5 Å². The van der Waals surface area contributed by atoms with Crippen molar-refractivity contribution in [3.8, 4) is 0 Å². The minimum Gasteiger partial charge on any atom is -0.396 e. The van der Waals surface area contributed by atoms with Gasteiger partial charge in [0.05, 0.1) is 6.20 Å². The van der Waals surface area contributed by atoms with Crippen molar-refractivity contribution in [1.82, 2.24) is 10.3 Å². The quantitative estimate of drug-likeness (QED) is 0.638. The summed E-state index contributed by atoms with van der Waals surface area (Å²) in [6, 6.07) is 0. The Morgan fingerprint density at radius 2 is 2.45 bits per heavy atom. The fraction of sp³-hybridized carbons (Fsp3) is 0.667. The molecule has 1 aromatic rings. The van der Waals surface area contributed by atoms with Crippen molar-refractivity contribution in [2.75, 3.05) is 6.61 Å². The maximum atomic E-state index is 9.27. The fourth-order valence-electron chi connectivity index (χ4n) is 0.751. The van der Waals surface area contributed by atoms with Gasteiger partial charge in [0.2, 0.25) is 0 Å². The molecular weight excluding hydrogens is 148 g/mol. The molecule has 62 valence electrons. The Hall–Kier alpha value is -0.940. The zero-order valence-electron chi connectivity index (χ0n) is 5.97. The van der Waals surface area contributed by atoms with Gasteiger partial charge in [-0.2, -0.15) is 0 Å². The van der Waals surface area contributed by atoms with Crippen molar-refractivity contribution in [2.24, 2.45) is 0 Å². The average Bonchev–Trinajstić information content (AvgIpc) is 2.52. The summed E-state index contributed by atoms with van der Waals surface area (Å²) in [5.74, 6) is 0. The minimum absolute atomic E-state index is 0.0718. The van der Waals surface area contributed by atoms with Crippen LogP contribution in [-0.2, 0) is 0 Å². The van der Waals surface area contributed by atoms with Crippen molar-refractivity contribution < 1.29 is 14.8 Å². The molecule has 1 atom stereocenters. The maximum Gasteiger partial charge on any atom is 0.133 e. The molecule has 0 amide bonds. The molecule has 5 nitrogen and oxygen atoms in total. The van der Waals surface area contributed by atoms with E-state index in [0.717, 1.165) is 0 Å². The van der Waals surface area contributed by atoms with Gasteiger partial charge in [-0.25, -0.2) is 4.63 Å². The van der Waals surface area contributed by atoms with Gasteiger partial charge in [0.25, 0.3) is 0 Å². The third kappa shape index (κ3) is 2.28. The molecule has 2 N–H and O–H groups in total. The number of hydrogen-bond acceptors (Lipinski definition) is 5. The van der Waals surface area contributed by atoms with Crippen LogP contribution in [0.4, 0.5) is 0 Å². The van der Waals surface area contributed by atoms with Crippen LogP contribution in [0.1, 0.15) is 24.6 Å². The molecule has 0 saturated heterocycles. The van der Waals surface area contributed by atoms with Gasteiger partial charge in [-0.3, -0.25) is 0 Å². The first-order valence-electron chi connectivity index (χ1n) is 3.41. The summed E-state index contributed by atoms with van der Waals surface area (Å²) >= 11 is 0. The van der Waals surface area contributed by atoms with Crippen LogP contribution >= 0.6 is 0 Å². The van der Waals surface area contributed by atoms with Crippen molar-refractivity contribution in [2.45, 2.75) is 18.9 Å². The Kier molecular flexibility index (Phi) is 3.00. The zero-order valence-corrected chi connectivity index (χ0v) is 5.97. The predicted octanol–water partition coefficient (Wildman–Crippen LogP) is -0.124. The Labute approximate surface area is 63.6 Å². The van der Waals surface area contributed by atoms with E-state index >= 15 is 0 Å². The van der Waals surface area contributed by atoms with Gasteiger partial charge in [-0.15, -0.1) is 0 Å². The SMILES string of the molecule is OCCCC(O)c1cnon1. The molecule has 1 rings (SSSR count). The van der Waals surface area contributed by atoms with E-state index in [1.165, 1.54) is 6.20 Å². The highest BCUT2D eigenvalue weighted by Gasteiger charge is 2.09. The van der Waals surface area contributed by atoms with Crippen LogP contribution in [0.5, 0.6) is 0 Å². The van der Waals surface area contributed by atoms with Crippen LogP contribution in [0, 0.1) is 0 Å². The number of aromatic nitrogens is 2. The molecule has 0 aliphatic carbocycles. The molecule has 0 radical (unpaired) electrons. The van der Waals surface area contributed by atoms with Crippen LogP contribution < -0.4 is 0 Å². The summed E-state index contributed by atoms with van der Waals surface area (Å²) in [7, 11) is 0. The van der Waals surface area contributed by atoms with Crippen LogP contribution in [0.15, 0.2) is 10.8 Å². The summed E-state index contributed by atoms with van der Waals surface area (Å²) in [6.07, 6.45) is 1.72. The van der Waals surface area contributed by atoms with E-state index < -0.39 is 6.10 Å². The highest BCUT2D eigenvalue weighted by molar-refractivity contribution is 4.93. The topological polar surface area (TPSA) is 79.4 Å². The van der Waals surface area contributed by atoms with Crippen LogP contribution in [0.25, 0.3) is 0 Å². The molecule has 1 unspecified atom stereocenters. The Bertz CT molecular complexity index is 188. The molecule has 1 heterocycles. The zero-order chi connectivity index (χ0) is 8.10. The molecule has 0 aliphatic heterocycles. The molecule has 11 heavy (non-hydrogen) atoms. The summed E-state index contributed by atoms with van der Waals surface area (Å²) in [4.78, 5) is 0. The number of aliphatic hydroxyl groups is 2. The smallest absolute Gasteiger partial charge is 0.133 e. The largest absolute Gasteiger partial charge is 0.396 e. The number of nitrogens with zero attached hydrogens (tertiary/aromatic N) is 2. The van der Waals surface area contributed by atoms with E-state index in [-0.39, 0.29) is 6.61 Å². The lowest BCUT2D eigenvalue weighted by molar-refractivity contribution is 0.142. The predicted molar refractivity (Wildman–Crippen MR) is 35.6 cm³/mol. The standard InChI is InChI=1S/C6H10N2O3/c9-3-1-2-6(10)5-4-7-11-8-5/h4,6,9-10H,1-3H2. The summed E-state index contributed by atoms with van der Waals surface area (Å²) in [5, 5.41) is 24.5. The molecule has 0 fully saturated rings. The Morgan fingerprint density at radius 1 is 1.64 bits per heavy atom. The molecular formula is C6H10N2O3. The summed E-state index contributed by atoms with van der Waals surface area (Å²) in [5.41, 5.74) is 0.415. The minimum atomic E-state index is -0.673. The van der Waals surface area contributed by atoms with Crippen molar-refractivity contribution in [1.29, 1.82) is 0 Å². The average molecular weight is 158 g/mol. The second-order valence-electron chi connectivity index (χ2n) is 2.21. The van der Waals surface area contributed by atoms with Crippen LogP contribution in [0.2, 0.25) is 0 Å². The second-order valence-corrected chi connectivity index (χ2v) is 2.21. The Balaban J connectivity index is 2.36. The number of rotatable bonds is 4. The van der Waals surface area contributed by atoms with Gasteiger partial charge < -0.3 is 10.2 Å². The first-order chi connectivity index (χ1) is 5.34.